The molecular weight excluding hydrogens is 254 g/mol. The predicted molar refractivity (Wildman–Crippen MR) is 75.1 cm³/mol. The van der Waals surface area contributed by atoms with E-state index in [0.717, 1.165) is 23.3 Å². The molecule has 0 bridgehead atoms. The van der Waals surface area contributed by atoms with Gasteiger partial charge in [0.05, 0.1) is 10.3 Å². The van der Waals surface area contributed by atoms with Gasteiger partial charge >= 0.3 is 0 Å². The number of halogens is 1. The Hall–Kier alpha value is -0.540. The van der Waals surface area contributed by atoms with Crippen LogP contribution in [0.5, 0.6) is 0 Å². The number of carbonyl (C=O) groups excluding carboxylic acids is 1. The van der Waals surface area contributed by atoms with Gasteiger partial charge in [0.2, 0.25) is 0 Å². The first-order chi connectivity index (χ1) is 8.04. The Morgan fingerprint density at radius 3 is 2.82 bits per heavy atom. The summed E-state index contributed by atoms with van der Waals surface area (Å²) in [5.41, 5.74) is 1.11. The molecule has 1 N–H and O–H groups in total. The second-order valence-electron chi connectivity index (χ2n) is 4.57. The van der Waals surface area contributed by atoms with Crippen LogP contribution in [0.3, 0.4) is 0 Å². The molecular formula is C13H20ClNOS. The number of aryl methyl sites for hydroxylation is 1. The Balaban J connectivity index is 2.45. The summed E-state index contributed by atoms with van der Waals surface area (Å²) in [6, 6.07) is 2.01. The van der Waals surface area contributed by atoms with Crippen LogP contribution in [0.1, 0.15) is 42.4 Å². The minimum atomic E-state index is 0.00579. The predicted octanol–water partition coefficient (Wildman–Crippen LogP) is 3.69. The number of carbonyl (C=O) groups is 1. The lowest BCUT2D eigenvalue weighted by Crippen LogP contribution is -2.30. The number of hydrogen-bond acceptors (Lipinski definition) is 2. The molecule has 1 unspecified atom stereocenters. The van der Waals surface area contributed by atoms with Crippen molar-refractivity contribution in [2.24, 2.45) is 5.92 Å². The molecule has 0 saturated heterocycles. The summed E-state index contributed by atoms with van der Waals surface area (Å²) in [6.07, 6.45) is 1.81. The maximum absolute atomic E-state index is 11.9. The first-order valence-electron chi connectivity index (χ1n) is 6.03. The van der Waals surface area contributed by atoms with Gasteiger partial charge in [-0.25, -0.2) is 0 Å². The normalized spacial score (nSPS) is 12.8. The molecule has 0 aliphatic carbocycles. The van der Waals surface area contributed by atoms with E-state index in [4.69, 9.17) is 11.6 Å². The van der Waals surface area contributed by atoms with Crippen molar-refractivity contribution in [1.82, 2.24) is 5.32 Å². The van der Waals surface area contributed by atoms with E-state index < -0.39 is 0 Å². The summed E-state index contributed by atoms with van der Waals surface area (Å²) >= 11 is 7.64. The monoisotopic (exact) mass is 273 g/mol. The summed E-state index contributed by atoms with van der Waals surface area (Å²) in [7, 11) is 0. The highest BCUT2D eigenvalue weighted by Gasteiger charge is 2.14. The van der Waals surface area contributed by atoms with E-state index in [1.54, 1.807) is 0 Å². The number of alkyl halides is 1. The zero-order chi connectivity index (χ0) is 12.8. The third kappa shape index (κ3) is 4.68. The van der Waals surface area contributed by atoms with Gasteiger partial charge in [-0.1, -0.05) is 20.8 Å². The maximum atomic E-state index is 11.9. The van der Waals surface area contributed by atoms with Crippen LogP contribution < -0.4 is 5.32 Å². The van der Waals surface area contributed by atoms with E-state index in [1.807, 2.05) is 11.4 Å². The van der Waals surface area contributed by atoms with Gasteiger partial charge in [0.15, 0.2) is 0 Å². The second kappa shape index (κ2) is 7.02. The van der Waals surface area contributed by atoms with Crippen molar-refractivity contribution < 1.29 is 4.79 Å². The minimum absolute atomic E-state index is 0.00579. The van der Waals surface area contributed by atoms with Crippen molar-refractivity contribution >= 4 is 28.8 Å². The number of thiophene rings is 1. The number of hydrogen-bond donors (Lipinski definition) is 1. The lowest BCUT2D eigenvalue weighted by molar-refractivity contribution is 0.0956. The summed E-state index contributed by atoms with van der Waals surface area (Å²) in [6.45, 7) is 6.86. The SMILES string of the molecule is CCc1ccsc1C(=O)NCC(Cl)CC(C)C. The molecule has 0 spiro atoms. The number of amides is 1. The van der Waals surface area contributed by atoms with E-state index in [1.165, 1.54) is 11.3 Å². The molecule has 0 saturated carbocycles. The zero-order valence-corrected chi connectivity index (χ0v) is 12.2. The van der Waals surface area contributed by atoms with Crippen LogP contribution >= 0.6 is 22.9 Å². The Labute approximate surface area is 112 Å². The lowest BCUT2D eigenvalue weighted by atomic mass is 10.1. The Kier molecular flexibility index (Phi) is 6.00. The van der Waals surface area contributed by atoms with Crippen molar-refractivity contribution in [3.05, 3.63) is 21.9 Å². The molecule has 1 aromatic heterocycles. The molecule has 4 heteroatoms. The molecule has 0 aliphatic heterocycles. The van der Waals surface area contributed by atoms with Crippen LogP contribution in [-0.4, -0.2) is 17.8 Å². The van der Waals surface area contributed by atoms with Gasteiger partial charge in [-0.05, 0) is 35.8 Å². The van der Waals surface area contributed by atoms with Crippen molar-refractivity contribution in [1.29, 1.82) is 0 Å². The standard InChI is InChI=1S/C13H20ClNOS/c1-4-10-5-6-17-12(10)13(16)15-8-11(14)7-9(2)3/h5-6,9,11H,4,7-8H2,1-3H3,(H,15,16). The zero-order valence-electron chi connectivity index (χ0n) is 10.6. The van der Waals surface area contributed by atoms with Crippen LogP contribution in [0.2, 0.25) is 0 Å². The first kappa shape index (κ1) is 14.5. The Bertz CT molecular complexity index is 362. The summed E-state index contributed by atoms with van der Waals surface area (Å²) in [5.74, 6) is 0.564. The summed E-state index contributed by atoms with van der Waals surface area (Å²) in [4.78, 5) is 12.7. The van der Waals surface area contributed by atoms with Crippen molar-refractivity contribution in [2.45, 2.75) is 39.0 Å². The quantitative estimate of drug-likeness (QED) is 0.787. The van der Waals surface area contributed by atoms with Crippen LogP contribution in [-0.2, 0) is 6.42 Å². The molecule has 1 rings (SSSR count). The molecule has 17 heavy (non-hydrogen) atoms. The van der Waals surface area contributed by atoms with Crippen LogP contribution in [0, 0.1) is 5.92 Å². The molecule has 1 aromatic rings. The maximum Gasteiger partial charge on any atom is 0.261 e. The molecule has 0 radical (unpaired) electrons. The van der Waals surface area contributed by atoms with E-state index in [2.05, 4.69) is 26.1 Å². The van der Waals surface area contributed by atoms with Gasteiger partial charge in [0.1, 0.15) is 0 Å². The highest BCUT2D eigenvalue weighted by molar-refractivity contribution is 7.12. The summed E-state index contributed by atoms with van der Waals surface area (Å²) in [5, 5.41) is 4.88. The molecule has 96 valence electrons. The average Bonchev–Trinajstić information content (AvgIpc) is 2.72. The second-order valence-corrected chi connectivity index (χ2v) is 6.10. The highest BCUT2D eigenvalue weighted by atomic mass is 35.5. The van der Waals surface area contributed by atoms with Crippen molar-refractivity contribution in [2.75, 3.05) is 6.54 Å². The van der Waals surface area contributed by atoms with Crippen LogP contribution in [0.25, 0.3) is 0 Å². The van der Waals surface area contributed by atoms with Gasteiger partial charge in [0, 0.05) is 6.54 Å². The van der Waals surface area contributed by atoms with E-state index in [0.29, 0.717) is 12.5 Å². The molecule has 0 aliphatic rings. The fraction of sp³-hybridized carbons (Fsp3) is 0.615. The van der Waals surface area contributed by atoms with Crippen LogP contribution in [0.15, 0.2) is 11.4 Å². The molecule has 1 atom stereocenters. The number of rotatable bonds is 6. The molecule has 0 fully saturated rings. The van der Waals surface area contributed by atoms with E-state index in [9.17, 15) is 4.79 Å². The van der Waals surface area contributed by atoms with Gasteiger partial charge in [0.25, 0.3) is 5.91 Å². The topological polar surface area (TPSA) is 29.1 Å². The average molecular weight is 274 g/mol. The number of nitrogens with one attached hydrogen (secondary N) is 1. The van der Waals surface area contributed by atoms with Crippen LogP contribution in [0.4, 0.5) is 0 Å². The molecule has 2 nitrogen and oxygen atoms in total. The third-order valence-corrected chi connectivity index (χ3v) is 3.83. The van der Waals surface area contributed by atoms with Gasteiger partial charge in [-0.15, -0.1) is 22.9 Å². The van der Waals surface area contributed by atoms with Gasteiger partial charge < -0.3 is 5.32 Å². The third-order valence-electron chi connectivity index (χ3n) is 2.55. The van der Waals surface area contributed by atoms with E-state index in [-0.39, 0.29) is 11.3 Å². The molecule has 1 amide bonds. The minimum Gasteiger partial charge on any atom is -0.350 e. The Morgan fingerprint density at radius 2 is 2.24 bits per heavy atom. The highest BCUT2D eigenvalue weighted by Crippen LogP contribution is 2.17. The van der Waals surface area contributed by atoms with Gasteiger partial charge in [-0.2, -0.15) is 0 Å². The smallest absolute Gasteiger partial charge is 0.261 e. The fourth-order valence-electron chi connectivity index (χ4n) is 1.69. The van der Waals surface area contributed by atoms with Crippen molar-refractivity contribution in [3.63, 3.8) is 0 Å². The largest absolute Gasteiger partial charge is 0.350 e. The molecule has 1 heterocycles. The van der Waals surface area contributed by atoms with Crippen molar-refractivity contribution in [3.8, 4) is 0 Å². The van der Waals surface area contributed by atoms with Gasteiger partial charge in [-0.3, -0.25) is 4.79 Å². The lowest BCUT2D eigenvalue weighted by Gasteiger charge is -2.12. The Morgan fingerprint density at radius 1 is 1.53 bits per heavy atom. The molecule has 0 aromatic carbocycles. The summed E-state index contributed by atoms with van der Waals surface area (Å²) < 4.78 is 0. The first-order valence-corrected chi connectivity index (χ1v) is 7.34. The van der Waals surface area contributed by atoms with E-state index >= 15 is 0 Å². The fourth-order valence-corrected chi connectivity index (χ4v) is 3.04.